The zero-order valence-corrected chi connectivity index (χ0v) is 9.33. The normalized spacial score (nSPS) is 11.8. The van der Waals surface area contributed by atoms with Crippen LogP contribution in [-0.2, 0) is 22.2 Å². The molecule has 0 aromatic carbocycles. The average Bonchev–Trinajstić information content (AvgIpc) is 2.52. The van der Waals surface area contributed by atoms with Crippen molar-refractivity contribution in [3.8, 4) is 0 Å². The van der Waals surface area contributed by atoms with Crippen LogP contribution in [0.3, 0.4) is 0 Å². The lowest BCUT2D eigenvalue weighted by molar-refractivity contribution is 0.588. The summed E-state index contributed by atoms with van der Waals surface area (Å²) in [6, 6.07) is 3.85. The summed E-state index contributed by atoms with van der Waals surface area (Å²) in [6.45, 7) is 2.06. The second kappa shape index (κ2) is 4.21. The quantitative estimate of drug-likeness (QED) is 0.831. The van der Waals surface area contributed by atoms with Gasteiger partial charge in [-0.2, -0.15) is 0 Å². The van der Waals surface area contributed by atoms with Gasteiger partial charge in [-0.25, -0.2) is 13.1 Å². The first kappa shape index (κ1) is 10.7. The second-order valence-electron chi connectivity index (χ2n) is 2.68. The summed E-state index contributed by atoms with van der Waals surface area (Å²) < 4.78 is 24.6. The molecule has 0 fully saturated rings. The van der Waals surface area contributed by atoms with Gasteiger partial charge in [0.1, 0.15) is 0 Å². The zero-order chi connectivity index (χ0) is 9.90. The molecule has 0 aliphatic rings. The van der Waals surface area contributed by atoms with Crippen LogP contribution in [-0.4, -0.2) is 15.5 Å². The summed E-state index contributed by atoms with van der Waals surface area (Å²) >= 11 is 1.56. The van der Waals surface area contributed by atoms with Crippen molar-refractivity contribution in [1.82, 2.24) is 4.72 Å². The van der Waals surface area contributed by atoms with E-state index < -0.39 is 10.0 Å². The molecule has 0 aliphatic heterocycles. The maximum atomic E-state index is 11.2. The molecule has 74 valence electrons. The molecule has 1 aromatic heterocycles. The molecule has 0 saturated heterocycles. The Morgan fingerprint density at radius 1 is 1.38 bits per heavy atom. The Morgan fingerprint density at radius 3 is 2.46 bits per heavy atom. The fourth-order valence-electron chi connectivity index (χ4n) is 0.949. The smallest absolute Gasteiger partial charge is 0.216 e. The largest absolute Gasteiger partial charge is 0.218 e. The molecule has 0 aliphatic carbocycles. The van der Waals surface area contributed by atoms with E-state index >= 15 is 0 Å². The van der Waals surface area contributed by atoms with E-state index in [1.807, 2.05) is 12.1 Å². The number of aryl methyl sites for hydroxylation is 1. The van der Waals surface area contributed by atoms with Gasteiger partial charge in [-0.3, -0.25) is 0 Å². The first-order valence-corrected chi connectivity index (χ1v) is 6.53. The summed E-state index contributed by atoms with van der Waals surface area (Å²) in [4.78, 5) is 2.12. The second-order valence-corrected chi connectivity index (χ2v) is 5.86. The van der Waals surface area contributed by atoms with E-state index in [-0.39, 0.29) is 5.75 Å². The van der Waals surface area contributed by atoms with Gasteiger partial charge in [-0.05, 0) is 25.6 Å². The molecule has 1 aromatic rings. The van der Waals surface area contributed by atoms with Crippen molar-refractivity contribution in [3.05, 3.63) is 21.9 Å². The molecule has 1 rings (SSSR count). The van der Waals surface area contributed by atoms with Crippen molar-refractivity contribution in [2.75, 3.05) is 7.05 Å². The SMILES string of the molecule is CCc1ccc(CS(=O)(=O)NC)s1. The number of thiophene rings is 1. The monoisotopic (exact) mass is 219 g/mol. The summed E-state index contributed by atoms with van der Waals surface area (Å²) in [5.74, 6) is 0.0914. The van der Waals surface area contributed by atoms with Gasteiger partial charge in [0.25, 0.3) is 0 Å². The minimum Gasteiger partial charge on any atom is -0.218 e. The molecule has 1 N–H and O–H groups in total. The van der Waals surface area contributed by atoms with E-state index in [2.05, 4.69) is 11.6 Å². The lowest BCUT2D eigenvalue weighted by Gasteiger charge is -1.98. The molecule has 13 heavy (non-hydrogen) atoms. The van der Waals surface area contributed by atoms with Crippen LogP contribution in [0.2, 0.25) is 0 Å². The van der Waals surface area contributed by atoms with Crippen molar-refractivity contribution in [2.45, 2.75) is 19.1 Å². The van der Waals surface area contributed by atoms with Gasteiger partial charge in [0.15, 0.2) is 0 Å². The van der Waals surface area contributed by atoms with Gasteiger partial charge < -0.3 is 0 Å². The van der Waals surface area contributed by atoms with E-state index in [0.29, 0.717) is 0 Å². The van der Waals surface area contributed by atoms with Gasteiger partial charge in [0.05, 0.1) is 5.75 Å². The molecule has 0 bridgehead atoms. The predicted octanol–water partition coefficient (Wildman–Crippen LogP) is 1.36. The van der Waals surface area contributed by atoms with Crippen LogP contribution in [0.1, 0.15) is 16.7 Å². The Balaban J connectivity index is 2.75. The van der Waals surface area contributed by atoms with Crippen LogP contribution in [0, 0.1) is 0 Å². The molecule has 0 spiro atoms. The van der Waals surface area contributed by atoms with Crippen LogP contribution >= 0.6 is 11.3 Å². The summed E-state index contributed by atoms with van der Waals surface area (Å²) in [7, 11) is -1.67. The van der Waals surface area contributed by atoms with Crippen LogP contribution in [0.4, 0.5) is 0 Å². The van der Waals surface area contributed by atoms with Crippen molar-refractivity contribution in [2.24, 2.45) is 0 Å². The highest BCUT2D eigenvalue weighted by Gasteiger charge is 2.09. The molecule has 3 nitrogen and oxygen atoms in total. The fraction of sp³-hybridized carbons (Fsp3) is 0.500. The van der Waals surface area contributed by atoms with E-state index in [9.17, 15) is 8.42 Å². The van der Waals surface area contributed by atoms with Gasteiger partial charge in [0, 0.05) is 9.75 Å². The van der Waals surface area contributed by atoms with Gasteiger partial charge in [-0.1, -0.05) is 6.92 Å². The molecule has 5 heteroatoms. The molecular formula is C8H13NO2S2. The molecule has 0 unspecified atom stereocenters. The highest BCUT2D eigenvalue weighted by molar-refractivity contribution is 7.88. The third-order valence-corrected chi connectivity index (χ3v) is 4.43. The van der Waals surface area contributed by atoms with Crippen LogP contribution in [0.5, 0.6) is 0 Å². The molecular weight excluding hydrogens is 206 g/mol. The van der Waals surface area contributed by atoms with E-state index in [1.54, 1.807) is 11.3 Å². The lowest BCUT2D eigenvalue weighted by Crippen LogP contribution is -2.19. The Bertz CT molecular complexity index is 367. The minimum absolute atomic E-state index is 0.0914. The molecule has 0 amide bonds. The number of hydrogen-bond acceptors (Lipinski definition) is 3. The first-order valence-electron chi connectivity index (χ1n) is 4.06. The Labute approximate surface area is 82.8 Å². The summed E-state index contributed by atoms with van der Waals surface area (Å²) in [6.07, 6.45) is 0.963. The summed E-state index contributed by atoms with van der Waals surface area (Å²) in [5, 5.41) is 0. The zero-order valence-electron chi connectivity index (χ0n) is 7.70. The number of nitrogens with one attached hydrogen (secondary N) is 1. The van der Waals surface area contributed by atoms with E-state index in [4.69, 9.17) is 0 Å². The maximum absolute atomic E-state index is 11.2. The standard InChI is InChI=1S/C8H13NO2S2/c1-3-7-4-5-8(12-7)6-13(10,11)9-2/h4-5,9H,3,6H2,1-2H3. The van der Waals surface area contributed by atoms with Crippen molar-refractivity contribution < 1.29 is 8.42 Å². The Hall–Kier alpha value is -0.390. The molecule has 0 radical (unpaired) electrons. The van der Waals surface area contributed by atoms with Crippen molar-refractivity contribution in [1.29, 1.82) is 0 Å². The number of hydrogen-bond donors (Lipinski definition) is 1. The maximum Gasteiger partial charge on any atom is 0.216 e. The van der Waals surface area contributed by atoms with E-state index in [0.717, 1.165) is 11.3 Å². The highest BCUT2D eigenvalue weighted by atomic mass is 32.2. The van der Waals surface area contributed by atoms with Gasteiger partial charge in [-0.15, -0.1) is 11.3 Å². The summed E-state index contributed by atoms with van der Waals surface area (Å²) in [5.41, 5.74) is 0. The lowest BCUT2D eigenvalue weighted by atomic mass is 10.4. The molecule has 0 saturated carbocycles. The van der Waals surface area contributed by atoms with Gasteiger partial charge >= 0.3 is 0 Å². The van der Waals surface area contributed by atoms with Crippen molar-refractivity contribution in [3.63, 3.8) is 0 Å². The van der Waals surface area contributed by atoms with Gasteiger partial charge in [0.2, 0.25) is 10.0 Å². The van der Waals surface area contributed by atoms with Crippen LogP contribution in [0.25, 0.3) is 0 Å². The van der Waals surface area contributed by atoms with Crippen LogP contribution < -0.4 is 4.72 Å². The number of rotatable bonds is 4. The predicted molar refractivity (Wildman–Crippen MR) is 55.4 cm³/mol. The Morgan fingerprint density at radius 2 is 2.00 bits per heavy atom. The van der Waals surface area contributed by atoms with Crippen LogP contribution in [0.15, 0.2) is 12.1 Å². The molecule has 0 atom stereocenters. The van der Waals surface area contributed by atoms with E-state index in [1.165, 1.54) is 11.9 Å². The molecule has 1 heterocycles. The topological polar surface area (TPSA) is 46.2 Å². The highest BCUT2D eigenvalue weighted by Crippen LogP contribution is 2.18. The minimum atomic E-state index is -3.11. The fourth-order valence-corrected chi connectivity index (χ4v) is 3.02. The third kappa shape index (κ3) is 3.10. The number of sulfonamides is 1. The Kier molecular flexibility index (Phi) is 3.47. The average molecular weight is 219 g/mol. The third-order valence-electron chi connectivity index (χ3n) is 1.71. The van der Waals surface area contributed by atoms with Crippen molar-refractivity contribution >= 4 is 21.4 Å². The first-order chi connectivity index (χ1) is 6.07.